The van der Waals surface area contributed by atoms with Crippen molar-refractivity contribution in [3.63, 3.8) is 0 Å². The Morgan fingerprint density at radius 3 is 1.38 bits per heavy atom. The molecule has 15 N–H and O–H groups in total. The van der Waals surface area contributed by atoms with E-state index in [0.717, 1.165) is 36.3 Å². The van der Waals surface area contributed by atoms with Crippen molar-refractivity contribution in [2.24, 2.45) is 23.5 Å². The molecule has 11 unspecified atom stereocenters. The molecule has 2 heterocycles. The zero-order valence-electron chi connectivity index (χ0n) is 74.2. The molecular formula is C93H118N16O19S. The number of para-hydroxylation sites is 1. The number of nitrogens with two attached hydrogens (primary N) is 1. The first kappa shape index (κ1) is 101. The monoisotopic (exact) mass is 1790 g/mol. The van der Waals surface area contributed by atoms with E-state index in [1.165, 1.54) is 83.8 Å². The van der Waals surface area contributed by atoms with E-state index in [4.69, 9.17) is 5.73 Å². The summed E-state index contributed by atoms with van der Waals surface area (Å²) in [7, 11) is 6.52. The van der Waals surface area contributed by atoms with Crippen LogP contribution in [0, 0.1) is 17.8 Å². The van der Waals surface area contributed by atoms with Crippen LogP contribution >= 0.6 is 11.8 Å². The van der Waals surface area contributed by atoms with E-state index in [1.807, 2.05) is 0 Å². The van der Waals surface area contributed by atoms with Crippen LogP contribution in [0.3, 0.4) is 0 Å². The average Bonchev–Trinajstić information content (AvgIpc) is 1.14. The summed E-state index contributed by atoms with van der Waals surface area (Å²) in [6.45, 7) is 7.88. The number of nitrogens with one attached hydrogen (secondary N) is 10. The van der Waals surface area contributed by atoms with Crippen LogP contribution in [0.1, 0.15) is 94.2 Å². The standard InChI is InChI=1S/C93H118N16O19S/c1-54(2)39-67-84(119)103-73(83(118)96-49-77(94)112)52-129-53-80(115)99-72(42-57-23-15-12-16-24-57)90(125)108(10)76(45-59-27-19-14-20-28-59)92(127)109(11)75(40-55(3)4)91(126)106(8)51-79(114)98-70(47-81(116)117)87(122)104-82(56(5)6)93(128)107(9)74(44-58-25-17-13-18-26-58)88(123)102-71(43-61-33-37-64(111)38-34-61)89(124)105(7)50-78(113)97-69(46-62-48-95-66-30-22-21-29-65(62)66)86(121)101-68(85(120)100-67)41-60-31-35-63(110)36-32-60/h12-38,48,54-56,67-76,82,95,110-111H,39-47,49-53H2,1-11H3,(H2,94,112)(H,96,118)(H,97,113)(H,98,114)(H,99,115)(H,100,120)(H,101,121)(H,102,123)(H,103,119)(H,104,122)(H,116,117). The van der Waals surface area contributed by atoms with Crippen LogP contribution in [-0.4, -0.2) is 272 Å². The van der Waals surface area contributed by atoms with E-state index in [-0.39, 0.29) is 80.5 Å². The number of nitrogens with zero attached hydrogens (tertiary/aromatic N) is 5. The maximum absolute atomic E-state index is 15.5. The summed E-state index contributed by atoms with van der Waals surface area (Å²) < 4.78 is 0. The Labute approximate surface area is 753 Å². The number of phenols is 2. The molecule has 0 spiro atoms. The molecule has 11 atom stereocenters. The third-order valence-corrected chi connectivity index (χ3v) is 23.0. The van der Waals surface area contributed by atoms with Crippen LogP contribution in [0.25, 0.3) is 10.9 Å². The number of benzene rings is 6. The highest BCUT2D eigenvalue weighted by Crippen LogP contribution is 2.25. The molecule has 1 fully saturated rings. The van der Waals surface area contributed by atoms with Gasteiger partial charge in [0.25, 0.3) is 0 Å². The van der Waals surface area contributed by atoms with Gasteiger partial charge in [0.2, 0.25) is 88.6 Å². The average molecular weight is 1800 g/mol. The second kappa shape index (κ2) is 48.3. The molecular weight excluding hydrogens is 1680 g/mol. The maximum atomic E-state index is 15.5. The van der Waals surface area contributed by atoms with Gasteiger partial charge in [-0.1, -0.05) is 175 Å². The lowest BCUT2D eigenvalue weighted by Gasteiger charge is -2.37. The molecule has 36 heteroatoms. The van der Waals surface area contributed by atoms with Gasteiger partial charge < -0.3 is 98.4 Å². The number of amides is 15. The number of aromatic hydroxyl groups is 2. The number of hydrogen-bond donors (Lipinski definition) is 14. The van der Waals surface area contributed by atoms with E-state index in [0.29, 0.717) is 44.3 Å². The lowest BCUT2D eigenvalue weighted by atomic mass is 9.97. The maximum Gasteiger partial charge on any atom is 0.305 e. The molecule has 15 amide bonds. The number of hydrogen-bond acceptors (Lipinski definition) is 19. The Morgan fingerprint density at radius 2 is 0.853 bits per heavy atom. The van der Waals surface area contributed by atoms with Gasteiger partial charge in [0.15, 0.2) is 0 Å². The van der Waals surface area contributed by atoms with E-state index in [9.17, 15) is 53.7 Å². The van der Waals surface area contributed by atoms with Crippen molar-refractivity contribution in [2.75, 3.05) is 66.4 Å². The smallest absolute Gasteiger partial charge is 0.305 e. The fourth-order valence-electron chi connectivity index (χ4n) is 14.9. The fraction of sp³-hybridized carbons (Fsp3) is 0.419. The van der Waals surface area contributed by atoms with E-state index in [2.05, 4.69) is 52.8 Å². The summed E-state index contributed by atoms with van der Waals surface area (Å²) in [5.74, 6) is -17.8. The molecule has 0 saturated carbocycles. The molecule has 1 aliphatic heterocycles. The summed E-state index contributed by atoms with van der Waals surface area (Å²) >= 11 is 0.827. The molecule has 0 aliphatic carbocycles. The van der Waals surface area contributed by atoms with Crippen molar-refractivity contribution in [1.82, 2.24) is 77.3 Å². The fourth-order valence-corrected chi connectivity index (χ4v) is 15.8. The number of phenolic OH excluding ortho intramolecular Hbond substituents is 2. The number of thioether (sulfide) groups is 1. The van der Waals surface area contributed by atoms with E-state index in [1.54, 1.807) is 163 Å². The minimum Gasteiger partial charge on any atom is -0.508 e. The number of aliphatic carboxylic acids is 1. The van der Waals surface area contributed by atoms with Gasteiger partial charge in [-0.3, -0.25) is 76.7 Å². The van der Waals surface area contributed by atoms with Crippen molar-refractivity contribution >= 4 is 117 Å². The number of carbonyl (C=O) groups is 16. The van der Waals surface area contributed by atoms with Gasteiger partial charge in [0, 0.05) is 96.6 Å². The molecule has 1 saturated heterocycles. The highest BCUT2D eigenvalue weighted by molar-refractivity contribution is 8.00. The summed E-state index contributed by atoms with van der Waals surface area (Å²) in [4.78, 5) is 243. The Bertz CT molecular complexity index is 5080. The van der Waals surface area contributed by atoms with Crippen molar-refractivity contribution in [1.29, 1.82) is 0 Å². The number of likely N-dealkylation sites (N-methyl/N-ethyl adjacent to an activating group) is 5. The lowest BCUT2D eigenvalue weighted by Crippen LogP contribution is -2.61. The van der Waals surface area contributed by atoms with Crippen LogP contribution in [-0.2, 0) is 115 Å². The second-order valence-corrected chi connectivity index (χ2v) is 34.6. The number of aromatic amines is 1. The number of H-pyrrole nitrogens is 1. The molecule has 35 nitrogen and oxygen atoms in total. The summed E-state index contributed by atoms with van der Waals surface area (Å²) in [6, 6.07) is 27.2. The normalized spacial score (nSPS) is 22.0. The summed E-state index contributed by atoms with van der Waals surface area (Å²) in [5, 5.41) is 55.6. The number of carboxylic acids is 1. The number of fused-ring (bicyclic) bond motifs is 1. The van der Waals surface area contributed by atoms with E-state index < -0.39 is 199 Å². The second-order valence-electron chi connectivity index (χ2n) is 33.5. The largest absolute Gasteiger partial charge is 0.508 e. The predicted molar refractivity (Wildman–Crippen MR) is 482 cm³/mol. The first-order valence-electron chi connectivity index (χ1n) is 42.5. The van der Waals surface area contributed by atoms with Gasteiger partial charge in [0.1, 0.15) is 78.0 Å². The van der Waals surface area contributed by atoms with E-state index >= 15 is 38.4 Å². The molecule has 0 radical (unpaired) electrons. The highest BCUT2D eigenvalue weighted by atomic mass is 32.2. The minimum atomic E-state index is -1.91. The topological polar surface area (TPSA) is 500 Å². The van der Waals surface area contributed by atoms with Crippen LogP contribution in [0.5, 0.6) is 11.5 Å². The Morgan fingerprint density at radius 1 is 0.426 bits per heavy atom. The summed E-state index contributed by atoms with van der Waals surface area (Å²) in [5.41, 5.74) is 9.10. The number of aromatic nitrogens is 1. The molecule has 6 aromatic carbocycles. The van der Waals surface area contributed by atoms with Crippen molar-refractivity contribution in [3.8, 4) is 11.5 Å². The Hall–Kier alpha value is -13.7. The molecule has 8 rings (SSSR count). The third-order valence-electron chi connectivity index (χ3n) is 21.9. The number of primary amides is 1. The first-order valence-corrected chi connectivity index (χ1v) is 43.7. The van der Waals surface area contributed by atoms with Gasteiger partial charge in [-0.2, -0.15) is 0 Å². The van der Waals surface area contributed by atoms with Crippen molar-refractivity contribution < 1.29 is 92.0 Å². The van der Waals surface area contributed by atoms with Crippen LogP contribution < -0.4 is 53.6 Å². The highest BCUT2D eigenvalue weighted by Gasteiger charge is 2.43. The molecule has 690 valence electrons. The Balaban J connectivity index is 1.21. The number of carbonyl (C=O) groups excluding carboxylic acids is 15. The number of carboxylic acid groups (broad SMARTS) is 1. The molecule has 1 aromatic heterocycles. The third kappa shape index (κ3) is 30.5. The lowest BCUT2D eigenvalue weighted by molar-refractivity contribution is -0.151. The quantitative estimate of drug-likeness (QED) is 0.0462. The predicted octanol–water partition coefficient (Wildman–Crippen LogP) is 2.18. The van der Waals surface area contributed by atoms with Crippen LogP contribution in [0.15, 0.2) is 170 Å². The molecule has 7 aromatic rings. The van der Waals surface area contributed by atoms with Gasteiger partial charge in [-0.25, -0.2) is 0 Å². The summed E-state index contributed by atoms with van der Waals surface area (Å²) in [6.07, 6.45) is -0.847. The molecule has 129 heavy (non-hydrogen) atoms. The zero-order valence-corrected chi connectivity index (χ0v) is 75.1. The molecule has 0 bridgehead atoms. The van der Waals surface area contributed by atoms with Crippen molar-refractivity contribution in [3.05, 3.63) is 203 Å². The SMILES string of the molecule is CC(C)CC1NC(=O)C(Cc2ccc(O)cc2)NC(=O)C(Cc2c[nH]c3ccccc23)NC(=O)CN(C)C(=O)C(Cc2ccc(O)cc2)NC(=O)C(Cc2ccccc2)N(C)C(=O)C(C(C)C)NC(=O)C(CC(=O)O)NC(=O)CN(C)C(=O)C(CC(C)C)N(C)C(=O)C(Cc2ccccc2)N(C)C(=O)C(Cc2ccccc2)NC(=O)CSCC(C(=O)NCC(N)=O)NC1=O. The van der Waals surface area contributed by atoms with Crippen LogP contribution in [0.2, 0.25) is 0 Å². The molecule has 1 aliphatic rings. The first-order chi connectivity index (χ1) is 61.2. The zero-order chi connectivity index (χ0) is 94.5. The van der Waals surface area contributed by atoms with Gasteiger partial charge >= 0.3 is 5.97 Å². The number of rotatable bonds is 22. The van der Waals surface area contributed by atoms with Gasteiger partial charge in [0.05, 0.1) is 31.8 Å². The Kier molecular flexibility index (Phi) is 37.7. The van der Waals surface area contributed by atoms with Crippen LogP contribution in [0.4, 0.5) is 0 Å². The van der Waals surface area contributed by atoms with Gasteiger partial charge in [-0.15, -0.1) is 11.8 Å². The van der Waals surface area contributed by atoms with Crippen molar-refractivity contribution in [2.45, 2.75) is 166 Å². The van der Waals surface area contributed by atoms with Gasteiger partial charge in [-0.05, 0) is 94.3 Å². The minimum absolute atomic E-state index is 0.00829.